The van der Waals surface area contributed by atoms with Crippen molar-refractivity contribution in [1.29, 1.82) is 0 Å². The number of esters is 1. The van der Waals surface area contributed by atoms with Crippen molar-refractivity contribution in [2.45, 2.75) is 44.3 Å². The standard InChI is InChI=1S/C17H25N3O5S2/c1-11-14(12(2)19-17(18-11)26-4)5-6-16(22)25-9-15(21)20(3)13-7-8-27(23,24)10-13/h13H,5-10H2,1-4H3/t13-/m1/s1. The van der Waals surface area contributed by atoms with Gasteiger partial charge in [-0.25, -0.2) is 18.4 Å². The average molecular weight is 416 g/mol. The van der Waals surface area contributed by atoms with Crippen molar-refractivity contribution in [3.63, 3.8) is 0 Å². The number of aryl methyl sites for hydroxylation is 2. The average Bonchev–Trinajstić information content (AvgIpc) is 2.97. The Labute approximate surface area is 164 Å². The third kappa shape index (κ3) is 5.90. The van der Waals surface area contributed by atoms with E-state index in [9.17, 15) is 18.0 Å². The van der Waals surface area contributed by atoms with Crippen LogP contribution in [0.15, 0.2) is 5.16 Å². The van der Waals surface area contributed by atoms with Crippen LogP contribution in [0.5, 0.6) is 0 Å². The van der Waals surface area contributed by atoms with Crippen LogP contribution in [0.1, 0.15) is 29.8 Å². The van der Waals surface area contributed by atoms with Gasteiger partial charge in [0.1, 0.15) is 0 Å². The van der Waals surface area contributed by atoms with E-state index in [1.807, 2.05) is 20.1 Å². The van der Waals surface area contributed by atoms with Crippen LogP contribution in [-0.4, -0.2) is 72.6 Å². The molecule has 1 aromatic rings. The summed E-state index contributed by atoms with van der Waals surface area (Å²) in [5, 5.41) is 0.693. The Balaban J connectivity index is 1.82. The number of carbonyl (C=O) groups is 2. The fourth-order valence-corrected chi connectivity index (χ4v) is 5.22. The summed E-state index contributed by atoms with van der Waals surface area (Å²) in [5.41, 5.74) is 2.57. The molecule has 1 amide bonds. The number of thioether (sulfide) groups is 1. The van der Waals surface area contributed by atoms with Gasteiger partial charge in [-0.05, 0) is 38.5 Å². The predicted octanol–water partition coefficient (Wildman–Crippen LogP) is 0.937. The molecule has 2 heterocycles. The van der Waals surface area contributed by atoms with Crippen LogP contribution in [0.4, 0.5) is 0 Å². The zero-order valence-electron chi connectivity index (χ0n) is 16.0. The molecular formula is C17H25N3O5S2. The van der Waals surface area contributed by atoms with Crippen LogP contribution >= 0.6 is 11.8 Å². The maximum Gasteiger partial charge on any atom is 0.306 e. The quantitative estimate of drug-likeness (QED) is 0.368. The number of ether oxygens (including phenoxy) is 1. The van der Waals surface area contributed by atoms with Crippen molar-refractivity contribution >= 4 is 33.5 Å². The maximum atomic E-state index is 12.1. The van der Waals surface area contributed by atoms with E-state index in [1.54, 1.807) is 7.05 Å². The van der Waals surface area contributed by atoms with E-state index in [-0.39, 0.29) is 30.6 Å². The minimum Gasteiger partial charge on any atom is -0.456 e. The van der Waals surface area contributed by atoms with Crippen LogP contribution in [-0.2, 0) is 30.6 Å². The number of hydrogen-bond acceptors (Lipinski definition) is 8. The Kier molecular flexibility index (Phi) is 7.21. The van der Waals surface area contributed by atoms with Crippen molar-refractivity contribution < 1.29 is 22.7 Å². The molecule has 150 valence electrons. The van der Waals surface area contributed by atoms with Crippen molar-refractivity contribution in [2.24, 2.45) is 0 Å². The smallest absolute Gasteiger partial charge is 0.306 e. The fourth-order valence-electron chi connectivity index (χ4n) is 2.99. The molecule has 0 radical (unpaired) electrons. The van der Waals surface area contributed by atoms with Crippen LogP contribution in [0.3, 0.4) is 0 Å². The van der Waals surface area contributed by atoms with Gasteiger partial charge in [0.15, 0.2) is 21.6 Å². The topological polar surface area (TPSA) is 107 Å². The lowest BCUT2D eigenvalue weighted by Crippen LogP contribution is -2.40. The van der Waals surface area contributed by atoms with Crippen LogP contribution in [0.2, 0.25) is 0 Å². The maximum absolute atomic E-state index is 12.1. The van der Waals surface area contributed by atoms with Gasteiger partial charge in [0.25, 0.3) is 5.91 Å². The van der Waals surface area contributed by atoms with E-state index in [1.165, 1.54) is 16.7 Å². The van der Waals surface area contributed by atoms with Crippen LogP contribution in [0, 0.1) is 13.8 Å². The molecule has 0 bridgehead atoms. The lowest BCUT2D eigenvalue weighted by molar-refractivity contribution is -0.152. The molecule has 2 rings (SSSR count). The molecule has 1 atom stereocenters. The van der Waals surface area contributed by atoms with Crippen molar-refractivity contribution in [3.8, 4) is 0 Å². The Bertz CT molecular complexity index is 803. The molecule has 0 aliphatic carbocycles. The summed E-state index contributed by atoms with van der Waals surface area (Å²) in [6, 6.07) is -0.349. The molecular weight excluding hydrogens is 390 g/mol. The highest BCUT2D eigenvalue weighted by Gasteiger charge is 2.32. The fraction of sp³-hybridized carbons (Fsp3) is 0.647. The predicted molar refractivity (Wildman–Crippen MR) is 102 cm³/mol. The molecule has 27 heavy (non-hydrogen) atoms. The minimum absolute atomic E-state index is 0.0339. The molecule has 0 unspecified atom stereocenters. The van der Waals surface area contributed by atoms with Crippen LogP contribution < -0.4 is 0 Å². The van der Waals surface area contributed by atoms with Gasteiger partial charge in [-0.2, -0.15) is 0 Å². The summed E-state index contributed by atoms with van der Waals surface area (Å²) in [5.74, 6) is -0.826. The van der Waals surface area contributed by atoms with E-state index < -0.39 is 21.7 Å². The van der Waals surface area contributed by atoms with E-state index in [0.717, 1.165) is 17.0 Å². The molecule has 10 heteroatoms. The summed E-state index contributed by atoms with van der Waals surface area (Å²) in [6.07, 6.45) is 2.89. The number of rotatable bonds is 7. The number of aromatic nitrogens is 2. The van der Waals surface area contributed by atoms with Gasteiger partial charge < -0.3 is 9.64 Å². The lowest BCUT2D eigenvalue weighted by atomic mass is 10.1. The summed E-state index contributed by atoms with van der Waals surface area (Å²) in [7, 11) is -1.53. The summed E-state index contributed by atoms with van der Waals surface area (Å²) in [4.78, 5) is 34.2. The van der Waals surface area contributed by atoms with E-state index in [2.05, 4.69) is 9.97 Å². The van der Waals surface area contributed by atoms with Crippen LogP contribution in [0.25, 0.3) is 0 Å². The zero-order valence-corrected chi connectivity index (χ0v) is 17.7. The first-order valence-electron chi connectivity index (χ1n) is 8.62. The van der Waals surface area contributed by atoms with Gasteiger partial charge in [-0.1, -0.05) is 11.8 Å². The third-order valence-electron chi connectivity index (χ3n) is 4.67. The Hall–Kier alpha value is -1.68. The second-order valence-electron chi connectivity index (χ2n) is 6.58. The number of hydrogen-bond donors (Lipinski definition) is 0. The molecule has 0 spiro atoms. The zero-order chi connectivity index (χ0) is 20.2. The van der Waals surface area contributed by atoms with Crippen molar-refractivity contribution in [1.82, 2.24) is 14.9 Å². The third-order valence-corrected chi connectivity index (χ3v) is 6.97. The first kappa shape index (κ1) is 21.6. The molecule has 1 saturated heterocycles. The van der Waals surface area contributed by atoms with Gasteiger partial charge in [0, 0.05) is 30.9 Å². The molecule has 8 nitrogen and oxygen atoms in total. The second-order valence-corrected chi connectivity index (χ2v) is 9.58. The van der Waals surface area contributed by atoms with Gasteiger partial charge in [0.2, 0.25) is 0 Å². The number of carbonyl (C=O) groups excluding carboxylic acids is 2. The molecule has 0 N–H and O–H groups in total. The van der Waals surface area contributed by atoms with Gasteiger partial charge in [0.05, 0.1) is 11.5 Å². The first-order chi connectivity index (χ1) is 12.6. The molecule has 0 aromatic carbocycles. The second kappa shape index (κ2) is 9.01. The highest BCUT2D eigenvalue weighted by molar-refractivity contribution is 7.98. The molecule has 1 aromatic heterocycles. The van der Waals surface area contributed by atoms with Gasteiger partial charge >= 0.3 is 5.97 Å². The summed E-state index contributed by atoms with van der Waals surface area (Å²) in [6.45, 7) is 3.37. The summed E-state index contributed by atoms with van der Waals surface area (Å²) >= 11 is 1.46. The molecule has 1 aliphatic rings. The molecule has 0 saturated carbocycles. The van der Waals surface area contributed by atoms with Crippen molar-refractivity contribution in [3.05, 3.63) is 17.0 Å². The van der Waals surface area contributed by atoms with E-state index in [0.29, 0.717) is 18.0 Å². The number of nitrogens with zero attached hydrogens (tertiary/aromatic N) is 3. The first-order valence-corrected chi connectivity index (χ1v) is 11.7. The van der Waals surface area contributed by atoms with Gasteiger partial charge in [-0.3, -0.25) is 9.59 Å². The monoisotopic (exact) mass is 415 g/mol. The SMILES string of the molecule is CSc1nc(C)c(CCC(=O)OCC(=O)N(C)[C@@H]2CCS(=O)(=O)C2)c(C)n1. The van der Waals surface area contributed by atoms with E-state index in [4.69, 9.17) is 4.74 Å². The lowest BCUT2D eigenvalue weighted by Gasteiger charge is -2.23. The Morgan fingerprint density at radius 2 is 1.89 bits per heavy atom. The van der Waals surface area contributed by atoms with Gasteiger partial charge in [-0.15, -0.1) is 0 Å². The molecule has 1 aliphatic heterocycles. The normalized spacial score (nSPS) is 18.3. The summed E-state index contributed by atoms with van der Waals surface area (Å²) < 4.78 is 28.1. The number of likely N-dealkylation sites (N-methyl/N-ethyl adjacent to an activating group) is 1. The number of sulfone groups is 1. The minimum atomic E-state index is -3.07. The van der Waals surface area contributed by atoms with E-state index >= 15 is 0 Å². The highest BCUT2D eigenvalue weighted by atomic mass is 32.2. The Morgan fingerprint density at radius 1 is 1.26 bits per heavy atom. The number of amides is 1. The largest absolute Gasteiger partial charge is 0.456 e. The Morgan fingerprint density at radius 3 is 2.41 bits per heavy atom. The molecule has 1 fully saturated rings. The highest BCUT2D eigenvalue weighted by Crippen LogP contribution is 2.18. The van der Waals surface area contributed by atoms with Crippen molar-refractivity contribution in [2.75, 3.05) is 31.4 Å².